The van der Waals surface area contributed by atoms with Gasteiger partial charge in [0.25, 0.3) is 5.56 Å². The fourth-order valence-corrected chi connectivity index (χ4v) is 1.55. The fourth-order valence-electron chi connectivity index (χ4n) is 1.55. The molecule has 1 saturated heterocycles. The largest absolute Gasteiger partial charge is 0.381 e. The van der Waals surface area contributed by atoms with Crippen molar-refractivity contribution >= 4 is 0 Å². The molecule has 0 radical (unpaired) electrons. The Bertz CT molecular complexity index is 296. The molecular weight excluding hydrogens is 156 g/mol. The van der Waals surface area contributed by atoms with E-state index in [9.17, 15) is 4.79 Å². The van der Waals surface area contributed by atoms with Crippen LogP contribution < -0.4 is 5.56 Å². The van der Waals surface area contributed by atoms with Gasteiger partial charge >= 0.3 is 0 Å². The van der Waals surface area contributed by atoms with E-state index >= 15 is 0 Å². The summed E-state index contributed by atoms with van der Waals surface area (Å²) < 4.78 is 5.31. The Morgan fingerprint density at radius 3 is 3.00 bits per heavy atom. The zero-order valence-electron chi connectivity index (χ0n) is 6.80. The Labute approximate surface area is 69.9 Å². The van der Waals surface area contributed by atoms with Gasteiger partial charge in [0.1, 0.15) is 0 Å². The fraction of sp³-hybridized carbons (Fsp3) is 0.625. The second-order valence-corrected chi connectivity index (χ2v) is 3.13. The molecule has 4 heteroatoms. The smallest absolute Gasteiger partial charge is 0.264 e. The van der Waals surface area contributed by atoms with Gasteiger partial charge in [0, 0.05) is 24.3 Å². The summed E-state index contributed by atoms with van der Waals surface area (Å²) >= 11 is 0. The molecule has 0 amide bonds. The third-order valence-electron chi connectivity index (χ3n) is 2.22. The first-order valence-corrected chi connectivity index (χ1v) is 4.21. The minimum atomic E-state index is -0.0597. The third kappa shape index (κ3) is 1.43. The van der Waals surface area contributed by atoms with E-state index in [1.165, 1.54) is 0 Å². The van der Waals surface area contributed by atoms with Crippen molar-refractivity contribution in [2.45, 2.75) is 18.8 Å². The Morgan fingerprint density at radius 2 is 2.42 bits per heavy atom. The zero-order chi connectivity index (χ0) is 8.39. The van der Waals surface area contributed by atoms with Crippen molar-refractivity contribution in [3.05, 3.63) is 22.1 Å². The van der Waals surface area contributed by atoms with E-state index in [0.717, 1.165) is 31.7 Å². The number of rotatable bonds is 1. The van der Waals surface area contributed by atoms with Crippen molar-refractivity contribution in [2.75, 3.05) is 13.2 Å². The Balaban J connectivity index is 2.13. The average molecular weight is 168 g/mol. The van der Waals surface area contributed by atoms with Gasteiger partial charge in [0.05, 0.1) is 6.61 Å². The topological polar surface area (TPSA) is 57.9 Å². The van der Waals surface area contributed by atoms with Gasteiger partial charge in [-0.3, -0.25) is 9.89 Å². The minimum absolute atomic E-state index is 0.0597. The lowest BCUT2D eigenvalue weighted by Crippen LogP contribution is -2.15. The van der Waals surface area contributed by atoms with Gasteiger partial charge in [-0.15, -0.1) is 0 Å². The Morgan fingerprint density at radius 1 is 1.50 bits per heavy atom. The maximum atomic E-state index is 10.8. The summed E-state index contributed by atoms with van der Waals surface area (Å²) in [6.07, 6.45) is 2.19. The number of aromatic amines is 2. The maximum Gasteiger partial charge on any atom is 0.264 e. The normalized spacial score (nSPS) is 24.2. The van der Waals surface area contributed by atoms with Gasteiger partial charge in [-0.25, -0.2) is 0 Å². The highest BCUT2D eigenvalue weighted by Gasteiger charge is 2.17. The van der Waals surface area contributed by atoms with Crippen molar-refractivity contribution in [1.29, 1.82) is 0 Å². The molecule has 1 unspecified atom stereocenters. The molecule has 2 rings (SSSR count). The van der Waals surface area contributed by atoms with Crippen LogP contribution in [0.5, 0.6) is 0 Å². The SMILES string of the molecule is O=c1cc(C2CCCOC2)[nH][nH]1. The van der Waals surface area contributed by atoms with E-state index in [1.807, 2.05) is 0 Å². The molecule has 0 aromatic carbocycles. The van der Waals surface area contributed by atoms with Crippen molar-refractivity contribution < 1.29 is 4.74 Å². The molecule has 0 aliphatic carbocycles. The summed E-state index contributed by atoms with van der Waals surface area (Å²) in [5.74, 6) is 0.373. The standard InChI is InChI=1S/C8H12N2O2/c11-8-4-7(9-10-8)6-2-1-3-12-5-6/h4,6H,1-3,5H2,(H2,9,10,11). The van der Waals surface area contributed by atoms with Gasteiger partial charge in [-0.2, -0.15) is 0 Å². The quantitative estimate of drug-likeness (QED) is 0.645. The first kappa shape index (κ1) is 7.61. The molecule has 0 bridgehead atoms. The van der Waals surface area contributed by atoms with E-state index in [2.05, 4.69) is 10.2 Å². The van der Waals surface area contributed by atoms with Crippen LogP contribution in [0.4, 0.5) is 0 Å². The van der Waals surface area contributed by atoms with Crippen LogP contribution in [0.3, 0.4) is 0 Å². The second-order valence-electron chi connectivity index (χ2n) is 3.13. The van der Waals surface area contributed by atoms with E-state index < -0.39 is 0 Å². The van der Waals surface area contributed by atoms with Crippen LogP contribution in [0.2, 0.25) is 0 Å². The highest BCUT2D eigenvalue weighted by Crippen LogP contribution is 2.22. The molecule has 1 fully saturated rings. The molecule has 2 N–H and O–H groups in total. The van der Waals surface area contributed by atoms with Crippen LogP contribution in [0.15, 0.2) is 10.9 Å². The number of hydrogen-bond donors (Lipinski definition) is 2. The lowest BCUT2D eigenvalue weighted by atomic mass is 9.99. The van der Waals surface area contributed by atoms with Gasteiger partial charge < -0.3 is 9.84 Å². The molecular formula is C8H12N2O2. The summed E-state index contributed by atoms with van der Waals surface area (Å²) in [4.78, 5) is 10.8. The molecule has 1 aliphatic rings. The number of aromatic nitrogens is 2. The van der Waals surface area contributed by atoms with E-state index in [0.29, 0.717) is 5.92 Å². The van der Waals surface area contributed by atoms with Crippen molar-refractivity contribution in [2.24, 2.45) is 0 Å². The monoisotopic (exact) mass is 168 g/mol. The molecule has 2 heterocycles. The zero-order valence-corrected chi connectivity index (χ0v) is 6.80. The predicted molar refractivity (Wildman–Crippen MR) is 44.2 cm³/mol. The summed E-state index contributed by atoms with van der Waals surface area (Å²) in [5, 5.41) is 5.39. The number of ether oxygens (including phenoxy) is 1. The van der Waals surface area contributed by atoms with Crippen molar-refractivity contribution in [1.82, 2.24) is 10.2 Å². The van der Waals surface area contributed by atoms with E-state index in [4.69, 9.17) is 4.74 Å². The molecule has 0 saturated carbocycles. The summed E-state index contributed by atoms with van der Waals surface area (Å²) in [6.45, 7) is 1.58. The van der Waals surface area contributed by atoms with Gasteiger partial charge in [0.15, 0.2) is 0 Å². The van der Waals surface area contributed by atoms with Crippen LogP contribution in [0.1, 0.15) is 24.5 Å². The Hall–Kier alpha value is -1.03. The summed E-state index contributed by atoms with van der Waals surface area (Å²) in [5.41, 5.74) is 0.912. The van der Waals surface area contributed by atoms with Crippen molar-refractivity contribution in [3.63, 3.8) is 0 Å². The van der Waals surface area contributed by atoms with E-state index in [-0.39, 0.29) is 5.56 Å². The number of nitrogens with one attached hydrogen (secondary N) is 2. The molecule has 0 spiro atoms. The van der Waals surface area contributed by atoms with Crippen LogP contribution in [0, 0.1) is 0 Å². The summed E-state index contributed by atoms with van der Waals surface area (Å²) in [6, 6.07) is 1.61. The first-order chi connectivity index (χ1) is 5.86. The summed E-state index contributed by atoms with van der Waals surface area (Å²) in [7, 11) is 0. The van der Waals surface area contributed by atoms with Crippen LogP contribution in [-0.4, -0.2) is 23.4 Å². The van der Waals surface area contributed by atoms with E-state index in [1.54, 1.807) is 6.07 Å². The lowest BCUT2D eigenvalue weighted by Gasteiger charge is -2.20. The first-order valence-electron chi connectivity index (χ1n) is 4.21. The predicted octanol–water partition coefficient (Wildman–Crippen LogP) is 0.597. The van der Waals surface area contributed by atoms with Crippen LogP contribution in [0.25, 0.3) is 0 Å². The van der Waals surface area contributed by atoms with Gasteiger partial charge in [-0.05, 0) is 12.8 Å². The van der Waals surface area contributed by atoms with Crippen LogP contribution in [-0.2, 0) is 4.74 Å². The molecule has 12 heavy (non-hydrogen) atoms. The van der Waals surface area contributed by atoms with Gasteiger partial charge in [-0.1, -0.05) is 0 Å². The molecule has 1 aromatic heterocycles. The molecule has 1 aliphatic heterocycles. The van der Waals surface area contributed by atoms with Gasteiger partial charge in [0.2, 0.25) is 0 Å². The Kier molecular flexibility index (Phi) is 1.99. The second kappa shape index (κ2) is 3.15. The highest BCUT2D eigenvalue weighted by atomic mass is 16.5. The lowest BCUT2D eigenvalue weighted by molar-refractivity contribution is 0.0793. The van der Waals surface area contributed by atoms with Crippen LogP contribution >= 0.6 is 0 Å². The highest BCUT2D eigenvalue weighted by molar-refractivity contribution is 5.06. The molecule has 1 atom stereocenters. The molecule has 1 aromatic rings. The minimum Gasteiger partial charge on any atom is -0.381 e. The number of H-pyrrole nitrogens is 2. The maximum absolute atomic E-state index is 10.8. The molecule has 4 nitrogen and oxygen atoms in total. The van der Waals surface area contributed by atoms with Crippen molar-refractivity contribution in [3.8, 4) is 0 Å². The number of hydrogen-bond acceptors (Lipinski definition) is 2. The molecule has 66 valence electrons. The third-order valence-corrected chi connectivity index (χ3v) is 2.22. The average Bonchev–Trinajstić information content (AvgIpc) is 2.54.